The molecule has 0 unspecified atom stereocenters. The molecule has 3 aromatic rings. The summed E-state index contributed by atoms with van der Waals surface area (Å²) in [6.07, 6.45) is 3.73. The van der Waals surface area contributed by atoms with Gasteiger partial charge in [0.15, 0.2) is 10.9 Å². The first-order chi connectivity index (χ1) is 10.7. The van der Waals surface area contributed by atoms with E-state index in [2.05, 4.69) is 36.3 Å². The van der Waals surface area contributed by atoms with Gasteiger partial charge in [-0.3, -0.25) is 0 Å². The molecule has 1 saturated heterocycles. The van der Waals surface area contributed by atoms with E-state index in [1.54, 1.807) is 11.3 Å². The van der Waals surface area contributed by atoms with Crippen molar-refractivity contribution in [1.82, 2.24) is 19.6 Å². The van der Waals surface area contributed by atoms with E-state index in [0.29, 0.717) is 0 Å². The van der Waals surface area contributed by atoms with Crippen LogP contribution in [0.1, 0.15) is 11.4 Å². The van der Waals surface area contributed by atoms with Crippen molar-refractivity contribution in [2.45, 2.75) is 13.8 Å². The lowest BCUT2D eigenvalue weighted by atomic mass is 10.3. The van der Waals surface area contributed by atoms with Crippen LogP contribution in [0.25, 0.3) is 5.52 Å². The van der Waals surface area contributed by atoms with Gasteiger partial charge < -0.3 is 9.80 Å². The third kappa shape index (κ3) is 2.31. The van der Waals surface area contributed by atoms with Gasteiger partial charge in [-0.25, -0.2) is 14.5 Å². The van der Waals surface area contributed by atoms with E-state index in [0.717, 1.165) is 54.0 Å². The van der Waals surface area contributed by atoms with E-state index in [1.165, 1.54) is 0 Å². The van der Waals surface area contributed by atoms with Crippen LogP contribution in [-0.2, 0) is 0 Å². The monoisotopic (exact) mass is 314 g/mol. The molecular weight excluding hydrogens is 296 g/mol. The summed E-state index contributed by atoms with van der Waals surface area (Å²) in [5.74, 6) is 1.03. The highest BCUT2D eigenvalue weighted by molar-refractivity contribution is 7.13. The molecule has 1 aliphatic rings. The molecule has 6 nitrogen and oxygen atoms in total. The van der Waals surface area contributed by atoms with Crippen LogP contribution in [0.15, 0.2) is 23.8 Å². The number of rotatable bonds is 2. The molecule has 4 heterocycles. The Labute approximate surface area is 133 Å². The summed E-state index contributed by atoms with van der Waals surface area (Å²) in [5, 5.41) is 7.70. The number of thiazole rings is 1. The normalized spacial score (nSPS) is 15.7. The predicted octanol–water partition coefficient (Wildman–Crippen LogP) is 2.13. The van der Waals surface area contributed by atoms with Gasteiger partial charge in [0.2, 0.25) is 0 Å². The van der Waals surface area contributed by atoms with Crippen LogP contribution in [0.3, 0.4) is 0 Å². The fourth-order valence-corrected chi connectivity index (χ4v) is 3.73. The third-order valence-corrected chi connectivity index (χ3v) is 4.97. The van der Waals surface area contributed by atoms with Crippen molar-refractivity contribution in [1.29, 1.82) is 0 Å². The van der Waals surface area contributed by atoms with Crippen LogP contribution in [-0.4, -0.2) is 45.8 Å². The number of aromatic nitrogens is 4. The zero-order valence-electron chi connectivity index (χ0n) is 12.7. The maximum atomic E-state index is 4.58. The Bertz CT molecular complexity index is 799. The van der Waals surface area contributed by atoms with Crippen molar-refractivity contribution < 1.29 is 0 Å². The lowest BCUT2D eigenvalue weighted by Crippen LogP contribution is -2.47. The summed E-state index contributed by atoms with van der Waals surface area (Å²) in [4.78, 5) is 13.9. The SMILES string of the molecule is Cc1csc(N2CCN(c3nccn4nc(C)cc34)CC2)n1. The number of nitrogens with zero attached hydrogens (tertiary/aromatic N) is 6. The number of hydrogen-bond acceptors (Lipinski definition) is 6. The highest BCUT2D eigenvalue weighted by Gasteiger charge is 2.21. The molecule has 0 spiro atoms. The molecule has 3 aromatic heterocycles. The van der Waals surface area contributed by atoms with Crippen molar-refractivity contribution in [3.63, 3.8) is 0 Å². The Hall–Kier alpha value is -2.15. The Morgan fingerprint density at radius 2 is 1.82 bits per heavy atom. The highest BCUT2D eigenvalue weighted by Crippen LogP contribution is 2.25. The summed E-state index contributed by atoms with van der Waals surface area (Å²) in [6.45, 7) is 7.92. The number of aryl methyl sites for hydroxylation is 2. The van der Waals surface area contributed by atoms with Crippen molar-refractivity contribution in [2.24, 2.45) is 0 Å². The van der Waals surface area contributed by atoms with E-state index in [4.69, 9.17) is 0 Å². The van der Waals surface area contributed by atoms with Gasteiger partial charge in [0, 0.05) is 44.0 Å². The molecule has 0 atom stereocenters. The van der Waals surface area contributed by atoms with Gasteiger partial charge in [-0.15, -0.1) is 11.3 Å². The molecule has 0 bridgehead atoms. The second-order valence-electron chi connectivity index (χ2n) is 5.61. The first kappa shape index (κ1) is 13.5. The number of hydrogen-bond donors (Lipinski definition) is 0. The summed E-state index contributed by atoms with van der Waals surface area (Å²) < 4.78 is 1.91. The van der Waals surface area contributed by atoms with Crippen LogP contribution < -0.4 is 9.80 Å². The zero-order chi connectivity index (χ0) is 15.1. The fraction of sp³-hybridized carbons (Fsp3) is 0.400. The summed E-state index contributed by atoms with van der Waals surface area (Å²) in [6, 6.07) is 2.10. The minimum absolute atomic E-state index is 0.954. The average Bonchev–Trinajstić information content (AvgIpc) is 3.12. The van der Waals surface area contributed by atoms with E-state index in [1.807, 2.05) is 30.8 Å². The Morgan fingerprint density at radius 1 is 1.05 bits per heavy atom. The minimum atomic E-state index is 0.954. The molecule has 114 valence electrons. The van der Waals surface area contributed by atoms with Gasteiger partial charge >= 0.3 is 0 Å². The lowest BCUT2D eigenvalue weighted by molar-refractivity contribution is 0.646. The molecule has 22 heavy (non-hydrogen) atoms. The highest BCUT2D eigenvalue weighted by atomic mass is 32.1. The first-order valence-corrected chi connectivity index (χ1v) is 8.32. The van der Waals surface area contributed by atoms with Crippen molar-refractivity contribution in [2.75, 3.05) is 36.0 Å². The van der Waals surface area contributed by atoms with Crippen LogP contribution >= 0.6 is 11.3 Å². The third-order valence-electron chi connectivity index (χ3n) is 3.95. The van der Waals surface area contributed by atoms with Crippen LogP contribution in [0.5, 0.6) is 0 Å². The maximum Gasteiger partial charge on any atom is 0.185 e. The molecule has 0 radical (unpaired) electrons. The first-order valence-electron chi connectivity index (χ1n) is 7.44. The largest absolute Gasteiger partial charge is 0.351 e. The Kier molecular flexibility index (Phi) is 3.22. The van der Waals surface area contributed by atoms with Crippen molar-refractivity contribution in [3.8, 4) is 0 Å². The molecule has 7 heteroatoms. The van der Waals surface area contributed by atoms with Crippen LogP contribution in [0.2, 0.25) is 0 Å². The van der Waals surface area contributed by atoms with Gasteiger partial charge in [0.25, 0.3) is 0 Å². The number of piperazine rings is 1. The molecule has 1 fully saturated rings. The molecule has 0 aliphatic carbocycles. The topological polar surface area (TPSA) is 49.6 Å². The van der Waals surface area contributed by atoms with Crippen molar-refractivity contribution in [3.05, 3.63) is 35.2 Å². The van der Waals surface area contributed by atoms with Gasteiger partial charge in [0.05, 0.1) is 11.4 Å². The van der Waals surface area contributed by atoms with Gasteiger partial charge in [-0.05, 0) is 19.9 Å². The van der Waals surface area contributed by atoms with Gasteiger partial charge in [0.1, 0.15) is 5.52 Å². The Morgan fingerprint density at radius 3 is 2.55 bits per heavy atom. The molecule has 4 rings (SSSR count). The summed E-state index contributed by atoms with van der Waals surface area (Å²) >= 11 is 1.73. The van der Waals surface area contributed by atoms with E-state index in [9.17, 15) is 0 Å². The molecule has 0 aromatic carbocycles. The quantitative estimate of drug-likeness (QED) is 0.725. The molecule has 0 amide bonds. The standard InChI is InChI=1S/C15H18N6S/c1-11-9-13-14(16-3-4-21(13)18-11)19-5-7-20(8-6-19)15-17-12(2)10-22-15/h3-4,9-10H,5-8H2,1-2H3. The lowest BCUT2D eigenvalue weighted by Gasteiger charge is -2.35. The molecule has 0 N–H and O–H groups in total. The predicted molar refractivity (Wildman–Crippen MR) is 89.0 cm³/mol. The van der Waals surface area contributed by atoms with E-state index >= 15 is 0 Å². The number of fused-ring (bicyclic) bond motifs is 1. The molecule has 0 saturated carbocycles. The van der Waals surface area contributed by atoms with Gasteiger partial charge in [-0.2, -0.15) is 5.10 Å². The van der Waals surface area contributed by atoms with Crippen LogP contribution in [0, 0.1) is 13.8 Å². The molecule has 1 aliphatic heterocycles. The van der Waals surface area contributed by atoms with E-state index < -0.39 is 0 Å². The van der Waals surface area contributed by atoms with E-state index in [-0.39, 0.29) is 0 Å². The van der Waals surface area contributed by atoms with Gasteiger partial charge in [-0.1, -0.05) is 0 Å². The van der Waals surface area contributed by atoms with Crippen LogP contribution in [0.4, 0.5) is 10.9 Å². The smallest absolute Gasteiger partial charge is 0.185 e. The summed E-state index contributed by atoms with van der Waals surface area (Å²) in [7, 11) is 0. The minimum Gasteiger partial charge on any atom is -0.351 e. The van der Waals surface area contributed by atoms with Crippen molar-refractivity contribution >= 4 is 27.8 Å². The second-order valence-corrected chi connectivity index (χ2v) is 6.45. The number of anilines is 2. The molecular formula is C15H18N6S. The average molecular weight is 314 g/mol. The summed E-state index contributed by atoms with van der Waals surface area (Å²) in [5.41, 5.74) is 3.20. The maximum absolute atomic E-state index is 4.58. The fourth-order valence-electron chi connectivity index (χ4n) is 2.87. The zero-order valence-corrected chi connectivity index (χ0v) is 13.5. The second kappa shape index (κ2) is 5.24. The Balaban J connectivity index is 1.55.